The van der Waals surface area contributed by atoms with Gasteiger partial charge in [0.1, 0.15) is 13.2 Å². The summed E-state index contributed by atoms with van der Waals surface area (Å²) in [7, 11) is 0. The molecular weight excluding hydrogens is 300 g/mol. The Hall–Kier alpha value is -1.56. The minimum atomic E-state index is -0.435. The lowest BCUT2D eigenvalue weighted by atomic mass is 10.2. The van der Waals surface area contributed by atoms with Crippen molar-refractivity contribution in [1.29, 1.82) is 0 Å². The molecule has 5 nitrogen and oxygen atoms in total. The van der Waals surface area contributed by atoms with Crippen molar-refractivity contribution < 1.29 is 14.3 Å². The van der Waals surface area contributed by atoms with Crippen molar-refractivity contribution in [1.82, 2.24) is 4.90 Å². The van der Waals surface area contributed by atoms with Crippen molar-refractivity contribution in [2.45, 2.75) is 6.92 Å². The summed E-state index contributed by atoms with van der Waals surface area (Å²) in [4.78, 5) is 24.3. The highest BCUT2D eigenvalue weighted by atomic mass is 79.9. The van der Waals surface area contributed by atoms with Crippen LogP contribution in [0, 0.1) is 6.92 Å². The molecule has 0 aromatic heterocycles. The third-order valence-corrected chi connectivity index (χ3v) is 3.49. The van der Waals surface area contributed by atoms with Crippen LogP contribution in [0.2, 0.25) is 0 Å². The smallest absolute Gasteiger partial charge is 0.410 e. The normalized spacial score (nSPS) is 14.6. The molecule has 1 saturated heterocycles. The Morgan fingerprint density at radius 3 is 2.94 bits per heavy atom. The summed E-state index contributed by atoms with van der Waals surface area (Å²) < 4.78 is 5.68. The predicted octanol–water partition coefficient (Wildman–Crippen LogP) is 2.15. The number of nitrogens with one attached hydrogen (secondary N) is 1. The van der Waals surface area contributed by atoms with Gasteiger partial charge in [-0.1, -0.05) is 22.0 Å². The molecule has 1 heterocycles. The van der Waals surface area contributed by atoms with Crippen molar-refractivity contribution in [3.8, 4) is 0 Å². The van der Waals surface area contributed by atoms with Gasteiger partial charge < -0.3 is 10.1 Å². The quantitative estimate of drug-likeness (QED) is 0.930. The number of hydrogen-bond acceptors (Lipinski definition) is 3. The maximum Gasteiger partial charge on any atom is 0.410 e. The number of nitrogens with zero attached hydrogens (tertiary/aromatic N) is 1. The van der Waals surface area contributed by atoms with Gasteiger partial charge in [-0.15, -0.1) is 0 Å². The molecule has 1 fully saturated rings. The Morgan fingerprint density at radius 2 is 2.33 bits per heavy atom. The molecule has 1 aromatic rings. The highest BCUT2D eigenvalue weighted by Gasteiger charge is 2.23. The van der Waals surface area contributed by atoms with Crippen molar-refractivity contribution in [2.24, 2.45) is 0 Å². The fourth-order valence-electron chi connectivity index (χ4n) is 1.61. The minimum Gasteiger partial charge on any atom is -0.448 e. The van der Waals surface area contributed by atoms with Crippen LogP contribution in [0.4, 0.5) is 10.5 Å². The molecule has 2 rings (SSSR count). The zero-order valence-corrected chi connectivity index (χ0v) is 11.5. The molecule has 0 radical (unpaired) electrons. The van der Waals surface area contributed by atoms with Crippen molar-refractivity contribution in [2.75, 3.05) is 25.0 Å². The van der Waals surface area contributed by atoms with Crippen LogP contribution in [0.25, 0.3) is 0 Å². The van der Waals surface area contributed by atoms with Gasteiger partial charge in [0.25, 0.3) is 0 Å². The zero-order valence-electron chi connectivity index (χ0n) is 9.90. The van der Waals surface area contributed by atoms with E-state index in [2.05, 4.69) is 21.2 Å². The number of carbonyl (C=O) groups excluding carboxylic acids is 2. The number of amides is 2. The van der Waals surface area contributed by atoms with Gasteiger partial charge in [0.05, 0.1) is 6.54 Å². The summed E-state index contributed by atoms with van der Waals surface area (Å²) in [5, 5.41) is 2.74. The third kappa shape index (κ3) is 3.01. The molecule has 0 atom stereocenters. The van der Waals surface area contributed by atoms with Crippen LogP contribution < -0.4 is 5.32 Å². The average Bonchev–Trinajstić information content (AvgIpc) is 2.70. The molecule has 0 bridgehead atoms. The van der Waals surface area contributed by atoms with Crippen LogP contribution in [-0.2, 0) is 9.53 Å². The lowest BCUT2D eigenvalue weighted by Gasteiger charge is -2.12. The van der Waals surface area contributed by atoms with E-state index in [4.69, 9.17) is 4.74 Å². The number of halogens is 1. The van der Waals surface area contributed by atoms with Crippen LogP contribution in [0.15, 0.2) is 22.7 Å². The molecule has 18 heavy (non-hydrogen) atoms. The molecule has 1 aliphatic heterocycles. The van der Waals surface area contributed by atoms with Gasteiger partial charge in [0.2, 0.25) is 5.91 Å². The number of ether oxygens (including phenoxy) is 1. The molecule has 0 spiro atoms. The minimum absolute atomic E-state index is 0.0182. The molecule has 0 aliphatic carbocycles. The van der Waals surface area contributed by atoms with Crippen molar-refractivity contribution >= 4 is 33.6 Å². The van der Waals surface area contributed by atoms with E-state index in [0.29, 0.717) is 18.8 Å². The van der Waals surface area contributed by atoms with E-state index in [1.54, 1.807) is 0 Å². The molecular formula is C12H13BrN2O3. The molecule has 96 valence electrons. The van der Waals surface area contributed by atoms with Gasteiger partial charge in [-0.2, -0.15) is 0 Å². The fourth-order valence-corrected chi connectivity index (χ4v) is 1.99. The molecule has 6 heteroatoms. The van der Waals surface area contributed by atoms with Gasteiger partial charge in [0, 0.05) is 10.2 Å². The number of carbonyl (C=O) groups is 2. The molecule has 1 aliphatic rings. The lowest BCUT2D eigenvalue weighted by Crippen LogP contribution is -2.33. The largest absolute Gasteiger partial charge is 0.448 e. The highest BCUT2D eigenvalue weighted by Crippen LogP contribution is 2.20. The topological polar surface area (TPSA) is 58.6 Å². The molecule has 1 N–H and O–H groups in total. The van der Waals surface area contributed by atoms with Crippen molar-refractivity contribution in [3.05, 3.63) is 28.2 Å². The summed E-state index contributed by atoms with van der Waals surface area (Å²) in [5.41, 5.74) is 1.79. The summed E-state index contributed by atoms with van der Waals surface area (Å²) in [6.07, 6.45) is -0.435. The molecule has 0 saturated carbocycles. The van der Waals surface area contributed by atoms with Crippen LogP contribution in [0.5, 0.6) is 0 Å². The first-order valence-corrected chi connectivity index (χ1v) is 6.33. The highest BCUT2D eigenvalue weighted by molar-refractivity contribution is 9.10. The molecule has 1 aromatic carbocycles. The number of anilines is 1. The number of hydrogen-bond donors (Lipinski definition) is 1. The van der Waals surface area contributed by atoms with Gasteiger partial charge >= 0.3 is 6.09 Å². The SMILES string of the molecule is Cc1ccc(NC(=O)CN2CCOC2=O)cc1Br. The maximum atomic E-state index is 11.7. The first kappa shape index (κ1) is 12.9. The zero-order chi connectivity index (χ0) is 13.1. The van der Waals surface area contributed by atoms with E-state index in [1.807, 2.05) is 25.1 Å². The summed E-state index contributed by atoms with van der Waals surface area (Å²) in [6.45, 7) is 2.80. The Labute approximate surface area is 113 Å². The first-order valence-electron chi connectivity index (χ1n) is 5.54. The van der Waals surface area contributed by atoms with E-state index in [0.717, 1.165) is 10.0 Å². The summed E-state index contributed by atoms with van der Waals surface area (Å²) in [6, 6.07) is 5.56. The van der Waals surface area contributed by atoms with Crippen LogP contribution in [-0.4, -0.2) is 36.6 Å². The maximum absolute atomic E-state index is 11.7. The lowest BCUT2D eigenvalue weighted by molar-refractivity contribution is -0.116. The van der Waals surface area contributed by atoms with E-state index in [1.165, 1.54) is 4.90 Å². The summed E-state index contributed by atoms with van der Waals surface area (Å²) in [5.74, 6) is -0.232. The third-order valence-electron chi connectivity index (χ3n) is 2.63. The van der Waals surface area contributed by atoms with Gasteiger partial charge in [-0.3, -0.25) is 9.69 Å². The number of cyclic esters (lactones) is 1. The van der Waals surface area contributed by atoms with Gasteiger partial charge in [-0.25, -0.2) is 4.79 Å². The number of rotatable bonds is 3. The van der Waals surface area contributed by atoms with Crippen molar-refractivity contribution in [3.63, 3.8) is 0 Å². The number of aryl methyl sites for hydroxylation is 1. The Morgan fingerprint density at radius 1 is 1.56 bits per heavy atom. The average molecular weight is 313 g/mol. The van der Waals surface area contributed by atoms with Gasteiger partial charge in [-0.05, 0) is 24.6 Å². The Balaban J connectivity index is 1.94. The second kappa shape index (κ2) is 5.39. The van der Waals surface area contributed by atoms with Gasteiger partial charge in [0.15, 0.2) is 0 Å². The number of benzene rings is 1. The van der Waals surface area contributed by atoms with E-state index < -0.39 is 6.09 Å². The fraction of sp³-hybridized carbons (Fsp3) is 0.333. The van der Waals surface area contributed by atoms with Crippen LogP contribution in [0.3, 0.4) is 0 Å². The van der Waals surface area contributed by atoms with Crippen LogP contribution >= 0.6 is 15.9 Å². The Kier molecular flexibility index (Phi) is 3.86. The van der Waals surface area contributed by atoms with E-state index in [-0.39, 0.29) is 12.5 Å². The van der Waals surface area contributed by atoms with E-state index in [9.17, 15) is 9.59 Å². The van der Waals surface area contributed by atoms with Crippen LogP contribution in [0.1, 0.15) is 5.56 Å². The Bertz CT molecular complexity index is 490. The predicted molar refractivity (Wildman–Crippen MR) is 70.4 cm³/mol. The molecule has 2 amide bonds. The second-order valence-corrected chi connectivity index (χ2v) is 4.90. The standard InChI is InChI=1S/C12H13BrN2O3/c1-8-2-3-9(6-10(8)13)14-11(16)7-15-4-5-18-12(15)17/h2-3,6H,4-5,7H2,1H3,(H,14,16). The van der Waals surface area contributed by atoms with E-state index >= 15 is 0 Å². The second-order valence-electron chi connectivity index (χ2n) is 4.05. The monoisotopic (exact) mass is 312 g/mol. The molecule has 0 unspecified atom stereocenters. The first-order chi connectivity index (χ1) is 8.56. The summed E-state index contributed by atoms with van der Waals surface area (Å²) >= 11 is 3.40.